The van der Waals surface area contributed by atoms with E-state index in [0.29, 0.717) is 29.9 Å². The molecule has 7 heteroatoms. The number of piperazine rings is 1. The lowest BCUT2D eigenvalue weighted by molar-refractivity contribution is 0.310. The molecule has 0 spiro atoms. The summed E-state index contributed by atoms with van der Waals surface area (Å²) >= 11 is 3.32. The molecule has 0 amide bonds. The van der Waals surface area contributed by atoms with E-state index in [0.717, 1.165) is 0 Å². The molecular formula is C12H17BrN2O3S. The summed E-state index contributed by atoms with van der Waals surface area (Å²) in [4.78, 5) is 0.286. The Morgan fingerprint density at radius 1 is 1.47 bits per heavy atom. The molecule has 0 unspecified atom stereocenters. The Morgan fingerprint density at radius 3 is 2.79 bits per heavy atom. The molecule has 1 saturated heterocycles. The molecular weight excluding hydrogens is 332 g/mol. The number of hydrogen-bond acceptors (Lipinski definition) is 4. The maximum atomic E-state index is 12.5. The molecule has 106 valence electrons. The topological polar surface area (TPSA) is 58.6 Å². The van der Waals surface area contributed by atoms with Crippen LogP contribution in [0, 0.1) is 0 Å². The van der Waals surface area contributed by atoms with E-state index in [1.807, 2.05) is 6.92 Å². The van der Waals surface area contributed by atoms with Crippen molar-refractivity contribution in [2.75, 3.05) is 26.7 Å². The highest BCUT2D eigenvalue weighted by Crippen LogP contribution is 2.29. The summed E-state index contributed by atoms with van der Waals surface area (Å²) in [6.07, 6.45) is 0. The summed E-state index contributed by atoms with van der Waals surface area (Å²) in [7, 11) is -1.89. The number of hydrogen-bond donors (Lipinski definition) is 1. The van der Waals surface area contributed by atoms with Crippen molar-refractivity contribution < 1.29 is 13.2 Å². The Morgan fingerprint density at radius 2 is 2.21 bits per heavy atom. The van der Waals surface area contributed by atoms with Gasteiger partial charge in [0, 0.05) is 25.7 Å². The van der Waals surface area contributed by atoms with Crippen LogP contribution < -0.4 is 10.1 Å². The molecule has 1 fully saturated rings. The van der Waals surface area contributed by atoms with Crippen LogP contribution in [0.3, 0.4) is 0 Å². The summed E-state index contributed by atoms with van der Waals surface area (Å²) in [5, 5.41) is 3.23. The normalized spacial score (nSPS) is 21.3. The Balaban J connectivity index is 2.31. The van der Waals surface area contributed by atoms with Crippen LogP contribution in [0.15, 0.2) is 27.6 Å². The minimum absolute atomic E-state index is 0.171. The van der Waals surface area contributed by atoms with Gasteiger partial charge in [-0.1, -0.05) is 0 Å². The van der Waals surface area contributed by atoms with Crippen LogP contribution in [0.5, 0.6) is 5.75 Å². The van der Waals surface area contributed by atoms with Crippen molar-refractivity contribution in [2.45, 2.75) is 17.9 Å². The fraction of sp³-hybridized carbons (Fsp3) is 0.500. The molecule has 1 N–H and O–H groups in total. The van der Waals surface area contributed by atoms with Gasteiger partial charge in [-0.3, -0.25) is 0 Å². The Labute approximate surface area is 122 Å². The highest BCUT2D eigenvalue weighted by atomic mass is 79.9. The fourth-order valence-electron chi connectivity index (χ4n) is 2.07. The number of sulfonamides is 1. The second kappa shape index (κ2) is 5.78. The fourth-order valence-corrected chi connectivity index (χ4v) is 4.32. The van der Waals surface area contributed by atoms with Crippen LogP contribution in [-0.2, 0) is 10.0 Å². The molecule has 1 aromatic carbocycles. The van der Waals surface area contributed by atoms with Crippen LogP contribution in [-0.4, -0.2) is 45.5 Å². The van der Waals surface area contributed by atoms with Gasteiger partial charge in [-0.15, -0.1) is 0 Å². The second-order valence-corrected chi connectivity index (χ2v) is 7.31. The maximum Gasteiger partial charge on any atom is 0.243 e. The van der Waals surface area contributed by atoms with Gasteiger partial charge in [0.25, 0.3) is 0 Å². The predicted molar refractivity (Wildman–Crippen MR) is 76.9 cm³/mol. The first-order valence-corrected chi connectivity index (χ1v) is 8.25. The van der Waals surface area contributed by atoms with E-state index in [9.17, 15) is 8.42 Å². The monoisotopic (exact) mass is 348 g/mol. The van der Waals surface area contributed by atoms with E-state index < -0.39 is 10.0 Å². The van der Waals surface area contributed by atoms with Crippen LogP contribution in [0.4, 0.5) is 0 Å². The lowest BCUT2D eigenvalue weighted by Crippen LogP contribution is -2.51. The number of halogens is 1. The minimum Gasteiger partial charge on any atom is -0.496 e. The zero-order chi connectivity index (χ0) is 14.0. The molecule has 1 aromatic rings. The smallest absolute Gasteiger partial charge is 0.243 e. The van der Waals surface area contributed by atoms with Gasteiger partial charge in [0.2, 0.25) is 10.0 Å². The third-order valence-corrected chi connectivity index (χ3v) is 5.57. The third kappa shape index (κ3) is 3.10. The highest BCUT2D eigenvalue weighted by Gasteiger charge is 2.28. The molecule has 2 rings (SSSR count). The second-order valence-electron chi connectivity index (χ2n) is 4.51. The standard InChI is InChI=1S/C12H17BrN2O3S/c1-9-8-15(6-5-14-9)19(16,17)10-3-4-12(18-2)11(13)7-10/h3-4,7,9,14H,5-6,8H2,1-2H3/t9-/m1/s1. The summed E-state index contributed by atoms with van der Waals surface area (Å²) < 4.78 is 32.3. The predicted octanol–water partition coefficient (Wildman–Crippen LogP) is 1.44. The van der Waals surface area contributed by atoms with Gasteiger partial charge >= 0.3 is 0 Å². The van der Waals surface area contributed by atoms with E-state index in [2.05, 4.69) is 21.2 Å². The van der Waals surface area contributed by atoms with E-state index in [1.54, 1.807) is 25.3 Å². The average Bonchev–Trinajstić information content (AvgIpc) is 2.38. The highest BCUT2D eigenvalue weighted by molar-refractivity contribution is 9.10. The van der Waals surface area contributed by atoms with Crippen molar-refractivity contribution in [1.29, 1.82) is 0 Å². The number of methoxy groups -OCH3 is 1. The van der Waals surface area contributed by atoms with Gasteiger partial charge in [0.15, 0.2) is 0 Å². The first-order valence-electron chi connectivity index (χ1n) is 6.02. The molecule has 1 aliphatic rings. The van der Waals surface area contributed by atoms with Crippen LogP contribution in [0.2, 0.25) is 0 Å². The van der Waals surface area contributed by atoms with Crippen LogP contribution >= 0.6 is 15.9 Å². The number of nitrogens with zero attached hydrogens (tertiary/aromatic N) is 1. The average molecular weight is 349 g/mol. The van der Waals surface area contributed by atoms with Gasteiger partial charge in [-0.05, 0) is 41.1 Å². The van der Waals surface area contributed by atoms with Crippen molar-refractivity contribution in [3.63, 3.8) is 0 Å². The first-order chi connectivity index (χ1) is 8.95. The molecule has 1 atom stereocenters. The Kier molecular flexibility index (Phi) is 4.50. The van der Waals surface area contributed by atoms with Gasteiger partial charge in [-0.25, -0.2) is 8.42 Å². The quantitative estimate of drug-likeness (QED) is 0.897. The molecule has 1 heterocycles. The SMILES string of the molecule is COc1ccc(S(=O)(=O)N2CCN[C@H](C)C2)cc1Br. The number of rotatable bonds is 3. The summed E-state index contributed by atoms with van der Waals surface area (Å²) in [5.41, 5.74) is 0. The first kappa shape index (κ1) is 14.8. The van der Waals surface area contributed by atoms with E-state index in [1.165, 1.54) is 4.31 Å². The van der Waals surface area contributed by atoms with Crippen molar-refractivity contribution in [2.24, 2.45) is 0 Å². The lowest BCUT2D eigenvalue weighted by atomic mass is 10.3. The molecule has 0 aliphatic carbocycles. The van der Waals surface area contributed by atoms with E-state index in [4.69, 9.17) is 4.74 Å². The molecule has 5 nitrogen and oxygen atoms in total. The zero-order valence-electron chi connectivity index (χ0n) is 10.9. The van der Waals surface area contributed by atoms with Crippen molar-refractivity contribution >= 4 is 26.0 Å². The van der Waals surface area contributed by atoms with Gasteiger partial charge < -0.3 is 10.1 Å². The van der Waals surface area contributed by atoms with Gasteiger partial charge in [0.05, 0.1) is 16.5 Å². The van der Waals surface area contributed by atoms with Crippen molar-refractivity contribution in [3.8, 4) is 5.75 Å². The maximum absolute atomic E-state index is 12.5. The number of benzene rings is 1. The van der Waals surface area contributed by atoms with Crippen molar-refractivity contribution in [1.82, 2.24) is 9.62 Å². The largest absolute Gasteiger partial charge is 0.496 e. The van der Waals surface area contributed by atoms with Crippen LogP contribution in [0.1, 0.15) is 6.92 Å². The number of nitrogens with one attached hydrogen (secondary N) is 1. The van der Waals surface area contributed by atoms with E-state index in [-0.39, 0.29) is 10.9 Å². The molecule has 1 aliphatic heterocycles. The minimum atomic E-state index is -3.43. The van der Waals surface area contributed by atoms with Crippen LogP contribution in [0.25, 0.3) is 0 Å². The molecule has 0 bridgehead atoms. The third-order valence-electron chi connectivity index (χ3n) is 3.09. The summed E-state index contributed by atoms with van der Waals surface area (Å²) in [6, 6.07) is 4.99. The van der Waals surface area contributed by atoms with Gasteiger partial charge in [0.1, 0.15) is 5.75 Å². The van der Waals surface area contributed by atoms with Gasteiger partial charge in [-0.2, -0.15) is 4.31 Å². The molecule has 0 saturated carbocycles. The van der Waals surface area contributed by atoms with Crippen molar-refractivity contribution in [3.05, 3.63) is 22.7 Å². The summed E-state index contributed by atoms with van der Waals surface area (Å²) in [5.74, 6) is 0.618. The van der Waals surface area contributed by atoms with E-state index >= 15 is 0 Å². The Hall–Kier alpha value is -0.630. The molecule has 19 heavy (non-hydrogen) atoms. The lowest BCUT2D eigenvalue weighted by Gasteiger charge is -2.31. The molecule has 0 radical (unpaired) electrons. The summed E-state index contributed by atoms with van der Waals surface area (Å²) in [6.45, 7) is 3.64. The number of ether oxygens (including phenoxy) is 1. The molecule has 0 aromatic heterocycles. The zero-order valence-corrected chi connectivity index (χ0v) is 13.3. The Bertz CT molecular complexity index is 562.